The summed E-state index contributed by atoms with van der Waals surface area (Å²) in [7, 11) is 2.19. The van der Waals surface area contributed by atoms with Gasteiger partial charge in [-0.25, -0.2) is 4.98 Å². The predicted molar refractivity (Wildman–Crippen MR) is 137 cm³/mol. The van der Waals surface area contributed by atoms with E-state index in [9.17, 15) is 9.90 Å². The maximum atomic E-state index is 11.4. The van der Waals surface area contributed by atoms with Crippen LogP contribution < -0.4 is 10.2 Å². The lowest BCUT2D eigenvalue weighted by Gasteiger charge is -2.37. The molecule has 8 heteroatoms. The molecular formula is C27H28ClN5O2. The highest BCUT2D eigenvalue weighted by Gasteiger charge is 2.33. The number of aryl methyl sites for hydroxylation is 1. The van der Waals surface area contributed by atoms with Crippen LogP contribution in [0.2, 0.25) is 5.02 Å². The van der Waals surface area contributed by atoms with Crippen molar-refractivity contribution in [3.63, 3.8) is 0 Å². The van der Waals surface area contributed by atoms with E-state index in [4.69, 9.17) is 16.6 Å². The molecule has 2 atom stereocenters. The number of hydrogen-bond acceptors (Lipinski definition) is 6. The fraction of sp³-hybridized carbons (Fsp3) is 0.370. The molecular weight excluding hydrogens is 462 g/mol. The van der Waals surface area contributed by atoms with E-state index in [1.807, 2.05) is 29.2 Å². The smallest absolute Gasteiger partial charge is 0.304 e. The summed E-state index contributed by atoms with van der Waals surface area (Å²) in [6.45, 7) is 2.60. The molecule has 3 heterocycles. The van der Waals surface area contributed by atoms with Crippen molar-refractivity contribution in [2.24, 2.45) is 0 Å². The molecule has 0 bridgehead atoms. The first-order valence-electron chi connectivity index (χ1n) is 12.2. The molecule has 1 aromatic heterocycles. The highest BCUT2D eigenvalue weighted by atomic mass is 35.5. The third kappa shape index (κ3) is 4.13. The fourth-order valence-electron chi connectivity index (χ4n) is 6.13. The number of hydrogen-bond donors (Lipinski definition) is 2. The van der Waals surface area contributed by atoms with Crippen molar-refractivity contribution in [1.82, 2.24) is 14.9 Å². The molecule has 3 aliphatic rings. The number of benzene rings is 2. The van der Waals surface area contributed by atoms with Gasteiger partial charge in [-0.05, 0) is 72.7 Å². The topological polar surface area (TPSA) is 81.6 Å². The number of para-hydroxylation sites is 1. The molecule has 1 aliphatic carbocycles. The molecule has 2 aliphatic heterocycles. The zero-order chi connectivity index (χ0) is 24.1. The van der Waals surface area contributed by atoms with Crippen LogP contribution >= 0.6 is 11.6 Å². The van der Waals surface area contributed by atoms with Crippen LogP contribution in [0.1, 0.15) is 53.4 Å². The lowest BCUT2D eigenvalue weighted by atomic mass is 9.77. The summed E-state index contributed by atoms with van der Waals surface area (Å²) in [5.41, 5.74) is 7.32. The summed E-state index contributed by atoms with van der Waals surface area (Å²) < 4.78 is 0. The molecule has 6 rings (SSSR count). The Bertz CT molecular complexity index is 1310. The Morgan fingerprint density at radius 3 is 2.91 bits per heavy atom. The summed E-state index contributed by atoms with van der Waals surface area (Å²) in [4.78, 5) is 25.1. The first-order valence-corrected chi connectivity index (χ1v) is 12.6. The lowest BCUT2D eigenvalue weighted by Crippen LogP contribution is -2.33. The lowest BCUT2D eigenvalue weighted by molar-refractivity contribution is -0.137. The van der Waals surface area contributed by atoms with Crippen LogP contribution in [0.3, 0.4) is 0 Å². The molecule has 7 nitrogen and oxygen atoms in total. The highest BCUT2D eigenvalue weighted by Crippen LogP contribution is 2.44. The minimum atomic E-state index is -0.813. The van der Waals surface area contributed by atoms with E-state index < -0.39 is 5.97 Å². The van der Waals surface area contributed by atoms with Crippen LogP contribution in [0.25, 0.3) is 0 Å². The molecule has 0 saturated heterocycles. The Kier molecular flexibility index (Phi) is 5.61. The number of rotatable bonds is 5. The number of carbonyl (C=O) groups is 1. The molecule has 35 heavy (non-hydrogen) atoms. The van der Waals surface area contributed by atoms with E-state index in [0.29, 0.717) is 29.3 Å². The van der Waals surface area contributed by atoms with Gasteiger partial charge in [0.25, 0.3) is 0 Å². The number of nitrogens with one attached hydrogen (secondary N) is 1. The van der Waals surface area contributed by atoms with Crippen LogP contribution in [-0.4, -0.2) is 46.1 Å². The number of carboxylic acid groups (broad SMARTS) is 1. The number of carboxylic acids is 1. The summed E-state index contributed by atoms with van der Waals surface area (Å²) in [6, 6.07) is 12.4. The maximum Gasteiger partial charge on any atom is 0.304 e. The second kappa shape index (κ2) is 8.81. The first-order chi connectivity index (χ1) is 17.0. The summed E-state index contributed by atoms with van der Waals surface area (Å²) in [5.74, 6) is 0.765. The fourth-order valence-corrected chi connectivity index (χ4v) is 6.32. The van der Waals surface area contributed by atoms with Gasteiger partial charge in [-0.2, -0.15) is 4.98 Å². The molecule has 2 unspecified atom stereocenters. The van der Waals surface area contributed by atoms with Gasteiger partial charge in [0, 0.05) is 36.9 Å². The van der Waals surface area contributed by atoms with Gasteiger partial charge in [0.2, 0.25) is 5.95 Å². The van der Waals surface area contributed by atoms with Crippen molar-refractivity contribution in [2.45, 2.75) is 44.1 Å². The third-order valence-corrected chi connectivity index (χ3v) is 7.73. The molecule has 3 aromatic rings. The highest BCUT2D eigenvalue weighted by molar-refractivity contribution is 6.33. The number of fused-ring (bicyclic) bond motifs is 1. The first kappa shape index (κ1) is 22.3. The molecule has 2 aromatic carbocycles. The van der Waals surface area contributed by atoms with Crippen molar-refractivity contribution >= 4 is 40.7 Å². The Hall–Kier alpha value is -3.16. The van der Waals surface area contributed by atoms with Crippen molar-refractivity contribution < 1.29 is 9.90 Å². The average molecular weight is 490 g/mol. The maximum absolute atomic E-state index is 11.4. The number of nitrogens with zero attached hydrogens (tertiary/aromatic N) is 4. The van der Waals surface area contributed by atoms with E-state index in [1.165, 1.54) is 24.0 Å². The van der Waals surface area contributed by atoms with Gasteiger partial charge in [-0.1, -0.05) is 29.8 Å². The average Bonchev–Trinajstić information content (AvgIpc) is 3.18. The van der Waals surface area contributed by atoms with E-state index in [0.717, 1.165) is 36.4 Å². The standard InChI is InChI=1S/C27H28ClN5O2/c1-32-13-17-6-4-5-16-9-20(10-19(14-32)25(16)17)30-27-29-12-22(28)26(31-27)33-15-18(11-24(34)35)21-7-2-3-8-23(21)33/h2-3,7-10,12,17-18H,4-6,11,13-15H2,1H3,(H,34,35)(H,29,30,31). The number of aliphatic carboxylic acids is 1. The molecule has 0 fully saturated rings. The van der Waals surface area contributed by atoms with Crippen LogP contribution in [0.4, 0.5) is 23.1 Å². The van der Waals surface area contributed by atoms with Crippen LogP contribution in [0, 0.1) is 0 Å². The van der Waals surface area contributed by atoms with Crippen molar-refractivity contribution in [2.75, 3.05) is 30.4 Å². The number of likely N-dealkylation sites (N-methyl/N-ethyl adjacent to an activating group) is 1. The number of anilines is 4. The van der Waals surface area contributed by atoms with E-state index in [1.54, 1.807) is 11.8 Å². The molecule has 0 saturated carbocycles. The van der Waals surface area contributed by atoms with Crippen molar-refractivity contribution in [3.8, 4) is 0 Å². The van der Waals surface area contributed by atoms with Crippen LogP contribution in [0.15, 0.2) is 42.6 Å². The Balaban J connectivity index is 1.32. The SMILES string of the molecule is CN1Cc2cc(Nc3ncc(Cl)c(N4CC(CC(=O)O)c5ccccc54)n3)cc3c2C(CCC3)C1. The summed E-state index contributed by atoms with van der Waals surface area (Å²) in [6.07, 6.45) is 5.28. The Morgan fingerprint density at radius 1 is 1.23 bits per heavy atom. The van der Waals surface area contributed by atoms with Gasteiger partial charge in [0.1, 0.15) is 5.02 Å². The van der Waals surface area contributed by atoms with Crippen LogP contribution in [0.5, 0.6) is 0 Å². The second-order valence-corrected chi connectivity index (χ2v) is 10.4. The third-order valence-electron chi connectivity index (χ3n) is 7.46. The monoisotopic (exact) mass is 489 g/mol. The Labute approximate surface area is 209 Å². The van der Waals surface area contributed by atoms with Gasteiger partial charge < -0.3 is 20.2 Å². The van der Waals surface area contributed by atoms with Gasteiger partial charge >= 0.3 is 5.97 Å². The summed E-state index contributed by atoms with van der Waals surface area (Å²) >= 11 is 6.57. The minimum Gasteiger partial charge on any atom is -0.481 e. The normalized spacial score (nSPS) is 20.9. The van der Waals surface area contributed by atoms with E-state index >= 15 is 0 Å². The number of halogens is 1. The molecule has 0 radical (unpaired) electrons. The van der Waals surface area contributed by atoms with Gasteiger partial charge in [-0.3, -0.25) is 4.79 Å². The van der Waals surface area contributed by atoms with E-state index in [-0.39, 0.29) is 12.3 Å². The van der Waals surface area contributed by atoms with Gasteiger partial charge in [0.05, 0.1) is 12.6 Å². The van der Waals surface area contributed by atoms with Crippen LogP contribution in [-0.2, 0) is 17.8 Å². The Morgan fingerprint density at radius 2 is 2.06 bits per heavy atom. The van der Waals surface area contributed by atoms with Gasteiger partial charge in [-0.15, -0.1) is 0 Å². The molecule has 0 amide bonds. The van der Waals surface area contributed by atoms with Crippen molar-refractivity contribution in [3.05, 3.63) is 69.9 Å². The van der Waals surface area contributed by atoms with E-state index in [2.05, 4.69) is 34.4 Å². The quantitative estimate of drug-likeness (QED) is 0.493. The van der Waals surface area contributed by atoms with Crippen molar-refractivity contribution in [1.29, 1.82) is 0 Å². The number of aromatic nitrogens is 2. The summed E-state index contributed by atoms with van der Waals surface area (Å²) in [5, 5.41) is 13.3. The zero-order valence-electron chi connectivity index (χ0n) is 19.7. The zero-order valence-corrected chi connectivity index (χ0v) is 20.4. The minimum absolute atomic E-state index is 0.0642. The second-order valence-electron chi connectivity index (χ2n) is 9.95. The molecule has 180 valence electrons. The largest absolute Gasteiger partial charge is 0.481 e. The van der Waals surface area contributed by atoms with Gasteiger partial charge in [0.15, 0.2) is 5.82 Å². The molecule has 2 N–H and O–H groups in total. The molecule has 0 spiro atoms. The predicted octanol–water partition coefficient (Wildman–Crippen LogP) is 5.45.